The SMILES string of the molecule is CNC(c1csc(I)c1)c1cc(C)ccc1C. The van der Waals surface area contributed by atoms with E-state index in [4.69, 9.17) is 0 Å². The predicted molar refractivity (Wildman–Crippen MR) is 83.9 cm³/mol. The molecule has 1 N–H and O–H groups in total. The monoisotopic (exact) mass is 357 g/mol. The minimum atomic E-state index is 0.301. The summed E-state index contributed by atoms with van der Waals surface area (Å²) < 4.78 is 1.34. The molecule has 1 heterocycles. The quantitative estimate of drug-likeness (QED) is 0.809. The van der Waals surface area contributed by atoms with Gasteiger partial charge in [-0.1, -0.05) is 23.8 Å². The van der Waals surface area contributed by atoms with Gasteiger partial charge in [0.2, 0.25) is 0 Å². The fraction of sp³-hybridized carbons (Fsp3) is 0.286. The lowest BCUT2D eigenvalue weighted by Crippen LogP contribution is -2.18. The fourth-order valence-corrected chi connectivity index (χ4v) is 3.45. The molecular weight excluding hydrogens is 341 g/mol. The van der Waals surface area contributed by atoms with Gasteiger partial charge in [0.15, 0.2) is 0 Å². The van der Waals surface area contributed by atoms with E-state index in [1.807, 2.05) is 7.05 Å². The van der Waals surface area contributed by atoms with Gasteiger partial charge >= 0.3 is 0 Å². The minimum absolute atomic E-state index is 0.301. The van der Waals surface area contributed by atoms with Crippen molar-refractivity contribution in [3.8, 4) is 0 Å². The standard InChI is InChI=1S/C14H16INS/c1-9-4-5-10(2)12(6-9)14(16-3)11-7-13(15)17-8-11/h4-8,14,16H,1-3H3. The molecule has 1 nitrogen and oxygen atoms in total. The van der Waals surface area contributed by atoms with E-state index in [2.05, 4.69) is 71.4 Å². The molecule has 0 aliphatic heterocycles. The van der Waals surface area contributed by atoms with Crippen LogP contribution in [0.25, 0.3) is 0 Å². The van der Waals surface area contributed by atoms with Gasteiger partial charge in [0.1, 0.15) is 0 Å². The maximum absolute atomic E-state index is 3.42. The molecule has 0 spiro atoms. The molecule has 1 unspecified atom stereocenters. The van der Waals surface area contributed by atoms with Crippen LogP contribution in [0.15, 0.2) is 29.6 Å². The van der Waals surface area contributed by atoms with Crippen molar-refractivity contribution < 1.29 is 0 Å². The first-order valence-corrected chi connectivity index (χ1v) is 7.56. The Hall–Kier alpha value is -0.390. The van der Waals surface area contributed by atoms with Crippen molar-refractivity contribution in [2.45, 2.75) is 19.9 Å². The summed E-state index contributed by atoms with van der Waals surface area (Å²) in [6.45, 7) is 4.32. The first-order chi connectivity index (χ1) is 8.11. The largest absolute Gasteiger partial charge is 0.309 e. The van der Waals surface area contributed by atoms with Crippen LogP contribution < -0.4 is 5.32 Å². The van der Waals surface area contributed by atoms with Crippen molar-refractivity contribution in [2.75, 3.05) is 7.05 Å². The van der Waals surface area contributed by atoms with Gasteiger partial charge in [0.05, 0.1) is 8.93 Å². The maximum atomic E-state index is 3.42. The molecule has 0 saturated carbocycles. The normalized spacial score (nSPS) is 12.7. The number of thiophene rings is 1. The van der Waals surface area contributed by atoms with Crippen LogP contribution in [0.5, 0.6) is 0 Å². The summed E-state index contributed by atoms with van der Waals surface area (Å²) >= 11 is 4.18. The lowest BCUT2D eigenvalue weighted by Gasteiger charge is -2.18. The highest BCUT2D eigenvalue weighted by Gasteiger charge is 2.15. The van der Waals surface area contributed by atoms with Crippen molar-refractivity contribution in [3.63, 3.8) is 0 Å². The lowest BCUT2D eigenvalue weighted by atomic mass is 9.95. The van der Waals surface area contributed by atoms with Gasteiger partial charge < -0.3 is 5.32 Å². The van der Waals surface area contributed by atoms with Gasteiger partial charge in [-0.3, -0.25) is 0 Å². The topological polar surface area (TPSA) is 12.0 Å². The zero-order valence-corrected chi connectivity index (χ0v) is 13.2. The third kappa shape index (κ3) is 2.89. The maximum Gasteiger partial charge on any atom is 0.0656 e. The molecule has 0 aliphatic rings. The van der Waals surface area contributed by atoms with E-state index >= 15 is 0 Å². The van der Waals surface area contributed by atoms with E-state index in [9.17, 15) is 0 Å². The number of halogens is 1. The highest BCUT2D eigenvalue weighted by Crippen LogP contribution is 2.29. The third-order valence-electron chi connectivity index (χ3n) is 2.96. The summed E-state index contributed by atoms with van der Waals surface area (Å²) in [5.74, 6) is 0. The number of hydrogen-bond donors (Lipinski definition) is 1. The van der Waals surface area contributed by atoms with Crippen LogP contribution in [-0.4, -0.2) is 7.05 Å². The molecule has 0 amide bonds. The summed E-state index contributed by atoms with van der Waals surface area (Å²) in [6.07, 6.45) is 0. The summed E-state index contributed by atoms with van der Waals surface area (Å²) in [6, 6.07) is 9.21. The second kappa shape index (κ2) is 5.50. The molecule has 0 aliphatic carbocycles. The molecule has 0 saturated heterocycles. The molecule has 3 heteroatoms. The number of benzene rings is 1. The minimum Gasteiger partial charge on any atom is -0.309 e. The summed E-state index contributed by atoms with van der Waals surface area (Å²) in [5.41, 5.74) is 5.39. The highest BCUT2D eigenvalue weighted by atomic mass is 127. The van der Waals surface area contributed by atoms with Crippen molar-refractivity contribution in [1.29, 1.82) is 0 Å². The predicted octanol–water partition coefficient (Wildman–Crippen LogP) is 4.28. The van der Waals surface area contributed by atoms with Crippen LogP contribution in [0.2, 0.25) is 0 Å². The fourth-order valence-electron chi connectivity index (χ4n) is 2.05. The smallest absolute Gasteiger partial charge is 0.0656 e. The van der Waals surface area contributed by atoms with E-state index in [0.717, 1.165) is 0 Å². The van der Waals surface area contributed by atoms with Crippen molar-refractivity contribution in [2.24, 2.45) is 0 Å². The van der Waals surface area contributed by atoms with E-state index in [-0.39, 0.29) is 0 Å². The Morgan fingerprint density at radius 2 is 2.00 bits per heavy atom. The Morgan fingerprint density at radius 1 is 1.24 bits per heavy atom. The second-order valence-corrected chi connectivity index (χ2v) is 7.07. The summed E-state index contributed by atoms with van der Waals surface area (Å²) in [4.78, 5) is 0. The third-order valence-corrected chi connectivity index (χ3v) is 4.76. The molecule has 90 valence electrons. The Labute approximate surface area is 120 Å². The van der Waals surface area contributed by atoms with E-state index in [0.29, 0.717) is 6.04 Å². The van der Waals surface area contributed by atoms with Crippen LogP contribution in [0.4, 0.5) is 0 Å². The Kier molecular flexibility index (Phi) is 4.22. The molecule has 2 rings (SSSR count). The second-order valence-electron chi connectivity index (χ2n) is 4.27. The van der Waals surface area contributed by atoms with Crippen molar-refractivity contribution in [1.82, 2.24) is 5.32 Å². The first-order valence-electron chi connectivity index (χ1n) is 5.60. The summed E-state index contributed by atoms with van der Waals surface area (Å²) in [5, 5.41) is 5.66. The number of nitrogens with one attached hydrogen (secondary N) is 1. The molecule has 0 fully saturated rings. The number of rotatable bonds is 3. The highest BCUT2D eigenvalue weighted by molar-refractivity contribution is 14.1. The Bertz CT molecular complexity index is 519. The molecule has 17 heavy (non-hydrogen) atoms. The van der Waals surface area contributed by atoms with E-state index in [1.54, 1.807) is 11.3 Å². The van der Waals surface area contributed by atoms with Gasteiger partial charge in [0, 0.05) is 0 Å². The average Bonchev–Trinajstić information content (AvgIpc) is 2.71. The number of aryl methyl sites for hydroxylation is 2. The first kappa shape index (κ1) is 13.1. The van der Waals surface area contributed by atoms with Gasteiger partial charge in [0.25, 0.3) is 0 Å². The van der Waals surface area contributed by atoms with Gasteiger partial charge in [-0.2, -0.15) is 0 Å². The van der Waals surface area contributed by atoms with Gasteiger partial charge in [-0.25, -0.2) is 0 Å². The average molecular weight is 357 g/mol. The van der Waals surface area contributed by atoms with Crippen LogP contribution in [0.3, 0.4) is 0 Å². The lowest BCUT2D eigenvalue weighted by molar-refractivity contribution is 0.689. The molecule has 1 aromatic carbocycles. The number of hydrogen-bond acceptors (Lipinski definition) is 2. The summed E-state index contributed by atoms with van der Waals surface area (Å²) in [7, 11) is 2.02. The van der Waals surface area contributed by atoms with Crippen LogP contribution in [0, 0.1) is 16.7 Å². The van der Waals surface area contributed by atoms with Crippen LogP contribution >= 0.6 is 33.9 Å². The van der Waals surface area contributed by atoms with Crippen LogP contribution in [-0.2, 0) is 0 Å². The molecule has 2 aromatic rings. The Morgan fingerprint density at radius 3 is 2.59 bits per heavy atom. The van der Waals surface area contributed by atoms with Crippen molar-refractivity contribution in [3.05, 3.63) is 54.8 Å². The molecule has 0 radical (unpaired) electrons. The van der Waals surface area contributed by atoms with E-state index < -0.39 is 0 Å². The van der Waals surface area contributed by atoms with Crippen molar-refractivity contribution >= 4 is 33.9 Å². The molecule has 0 bridgehead atoms. The van der Waals surface area contributed by atoms with Gasteiger partial charge in [-0.05, 0) is 71.6 Å². The van der Waals surface area contributed by atoms with Gasteiger partial charge in [-0.15, -0.1) is 11.3 Å². The molecule has 1 atom stereocenters. The molecule has 1 aromatic heterocycles. The zero-order chi connectivity index (χ0) is 12.4. The zero-order valence-electron chi connectivity index (χ0n) is 10.3. The van der Waals surface area contributed by atoms with Crippen LogP contribution in [0.1, 0.15) is 28.3 Å². The Balaban J connectivity index is 2.45. The van der Waals surface area contributed by atoms with E-state index in [1.165, 1.54) is 25.1 Å². The molecular formula is C14H16INS.